The van der Waals surface area contributed by atoms with Crippen molar-refractivity contribution in [3.05, 3.63) is 87.2 Å². The lowest BCUT2D eigenvalue weighted by Crippen LogP contribution is -2.16. The fraction of sp³-hybridized carbons (Fsp3) is 0.143. The minimum absolute atomic E-state index is 0.0241. The summed E-state index contributed by atoms with van der Waals surface area (Å²) >= 11 is 12.1. The Morgan fingerprint density at radius 2 is 2.09 bits per heavy atom. The lowest BCUT2D eigenvalue weighted by Gasteiger charge is -2.06. The number of nitrogens with one attached hydrogen (secondary N) is 1. The van der Waals surface area contributed by atoms with Crippen LogP contribution in [0.4, 0.5) is 10.3 Å². The van der Waals surface area contributed by atoms with Crippen molar-refractivity contribution in [3.8, 4) is 5.75 Å². The number of carbonyl (C=O) groups excluding carboxylic acids is 1. The van der Waals surface area contributed by atoms with Crippen LogP contribution in [0.2, 0.25) is 10.0 Å². The van der Waals surface area contributed by atoms with E-state index in [9.17, 15) is 9.18 Å². The smallest absolute Gasteiger partial charge is 0.280 e. The molecule has 0 saturated heterocycles. The molecule has 0 saturated carbocycles. The average molecular weight is 476 g/mol. The summed E-state index contributed by atoms with van der Waals surface area (Å²) in [5.74, 6) is -0.190. The van der Waals surface area contributed by atoms with Crippen LogP contribution in [0, 0.1) is 12.7 Å². The van der Waals surface area contributed by atoms with Crippen LogP contribution >= 0.6 is 23.2 Å². The van der Waals surface area contributed by atoms with Crippen molar-refractivity contribution in [3.63, 3.8) is 0 Å². The zero-order chi connectivity index (χ0) is 22.7. The molecule has 0 unspecified atom stereocenters. The summed E-state index contributed by atoms with van der Waals surface area (Å²) in [7, 11) is 0. The van der Waals surface area contributed by atoms with Crippen molar-refractivity contribution in [2.24, 2.45) is 0 Å². The minimum Gasteiger partial charge on any atom is -0.489 e. The van der Waals surface area contributed by atoms with E-state index in [1.807, 2.05) is 0 Å². The highest BCUT2D eigenvalue weighted by Gasteiger charge is 2.22. The molecule has 0 atom stereocenters. The van der Waals surface area contributed by atoms with E-state index in [1.165, 1.54) is 29.2 Å². The Morgan fingerprint density at radius 3 is 2.88 bits per heavy atom. The van der Waals surface area contributed by atoms with E-state index in [1.54, 1.807) is 31.2 Å². The molecule has 4 aromatic rings. The van der Waals surface area contributed by atoms with Gasteiger partial charge >= 0.3 is 0 Å². The molecule has 11 heteroatoms. The van der Waals surface area contributed by atoms with Gasteiger partial charge < -0.3 is 9.26 Å². The second-order valence-corrected chi connectivity index (χ2v) is 7.61. The molecule has 0 fully saturated rings. The fourth-order valence-corrected chi connectivity index (χ4v) is 3.33. The predicted molar refractivity (Wildman–Crippen MR) is 116 cm³/mol. The Bertz CT molecular complexity index is 1270. The zero-order valence-electron chi connectivity index (χ0n) is 16.7. The first-order chi connectivity index (χ1) is 15.4. The molecule has 1 amide bonds. The van der Waals surface area contributed by atoms with Gasteiger partial charge in [0.25, 0.3) is 5.91 Å². The van der Waals surface area contributed by atoms with Crippen LogP contribution in [-0.2, 0) is 13.2 Å². The van der Waals surface area contributed by atoms with Gasteiger partial charge in [-0.15, -0.1) is 5.10 Å². The summed E-state index contributed by atoms with van der Waals surface area (Å²) in [6.07, 6.45) is 1.46. The Labute approximate surface area is 191 Å². The molecule has 2 aromatic heterocycles. The van der Waals surface area contributed by atoms with Crippen molar-refractivity contribution in [1.82, 2.24) is 19.9 Å². The third kappa shape index (κ3) is 5.06. The van der Waals surface area contributed by atoms with Crippen LogP contribution in [0.25, 0.3) is 0 Å². The van der Waals surface area contributed by atoms with E-state index >= 15 is 0 Å². The highest BCUT2D eigenvalue weighted by molar-refractivity contribution is 6.35. The van der Waals surface area contributed by atoms with E-state index in [0.717, 1.165) is 5.56 Å². The van der Waals surface area contributed by atoms with E-state index in [0.29, 0.717) is 33.7 Å². The number of aromatic nitrogens is 4. The Kier molecular flexibility index (Phi) is 6.38. The molecule has 0 aliphatic carbocycles. The van der Waals surface area contributed by atoms with E-state index in [-0.39, 0.29) is 18.2 Å². The van der Waals surface area contributed by atoms with E-state index in [4.69, 9.17) is 32.5 Å². The average Bonchev–Trinajstić information content (AvgIpc) is 3.34. The van der Waals surface area contributed by atoms with Gasteiger partial charge in [0.1, 0.15) is 30.3 Å². The van der Waals surface area contributed by atoms with Gasteiger partial charge in [-0.05, 0) is 36.8 Å². The second kappa shape index (κ2) is 9.37. The van der Waals surface area contributed by atoms with E-state index < -0.39 is 11.7 Å². The molecule has 32 heavy (non-hydrogen) atoms. The molecule has 2 aromatic carbocycles. The number of ether oxygens (including phenoxy) is 1. The number of nitrogens with zero attached hydrogens (tertiary/aromatic N) is 4. The SMILES string of the molecule is Cc1onc(C(=O)Nc2ncn(Cc3ccc(Cl)cc3Cl)n2)c1COc1cccc(F)c1. The van der Waals surface area contributed by atoms with Gasteiger partial charge in [-0.1, -0.05) is 40.5 Å². The van der Waals surface area contributed by atoms with Crippen LogP contribution in [0.3, 0.4) is 0 Å². The number of amides is 1. The maximum atomic E-state index is 13.3. The zero-order valence-corrected chi connectivity index (χ0v) is 18.2. The second-order valence-electron chi connectivity index (χ2n) is 6.77. The van der Waals surface area contributed by atoms with Crippen LogP contribution < -0.4 is 10.1 Å². The Morgan fingerprint density at radius 1 is 1.25 bits per heavy atom. The van der Waals surface area contributed by atoms with Crippen LogP contribution in [-0.4, -0.2) is 25.8 Å². The molecule has 4 rings (SSSR count). The van der Waals surface area contributed by atoms with Crippen molar-refractivity contribution in [1.29, 1.82) is 0 Å². The molecule has 1 N–H and O–H groups in total. The quantitative estimate of drug-likeness (QED) is 0.408. The topological polar surface area (TPSA) is 95.1 Å². The molecule has 2 heterocycles. The third-order valence-electron chi connectivity index (χ3n) is 4.49. The number of carbonyl (C=O) groups is 1. The number of hydrogen-bond acceptors (Lipinski definition) is 6. The summed E-state index contributed by atoms with van der Waals surface area (Å²) < 4.78 is 25.6. The van der Waals surface area contributed by atoms with Gasteiger partial charge in [0.05, 0.1) is 12.1 Å². The van der Waals surface area contributed by atoms with Crippen molar-refractivity contribution in [2.75, 3.05) is 5.32 Å². The maximum Gasteiger partial charge on any atom is 0.280 e. The maximum absolute atomic E-state index is 13.3. The monoisotopic (exact) mass is 475 g/mol. The third-order valence-corrected chi connectivity index (χ3v) is 5.08. The first-order valence-corrected chi connectivity index (χ1v) is 10.1. The van der Waals surface area contributed by atoms with Gasteiger partial charge in [0.15, 0.2) is 5.69 Å². The molecular weight excluding hydrogens is 460 g/mol. The lowest BCUT2D eigenvalue weighted by atomic mass is 10.2. The van der Waals surface area contributed by atoms with Crippen LogP contribution in [0.1, 0.15) is 27.4 Å². The van der Waals surface area contributed by atoms with Crippen molar-refractivity contribution >= 4 is 35.1 Å². The standard InChI is InChI=1S/C21H16Cl2FN5O3/c1-12-17(10-31-16-4-2-3-15(24)8-16)19(28-32-12)20(30)26-21-25-11-29(27-21)9-13-5-6-14(22)7-18(13)23/h2-8,11H,9-10H2,1H3,(H,26,27,30). The highest BCUT2D eigenvalue weighted by atomic mass is 35.5. The van der Waals surface area contributed by atoms with Crippen molar-refractivity contribution < 1.29 is 18.4 Å². The molecule has 0 spiro atoms. The van der Waals surface area contributed by atoms with Crippen LogP contribution in [0.5, 0.6) is 5.75 Å². The predicted octanol–water partition coefficient (Wildman–Crippen LogP) is 4.90. The lowest BCUT2D eigenvalue weighted by molar-refractivity contribution is 0.101. The molecule has 0 aliphatic rings. The first kappa shape index (κ1) is 21.8. The summed E-state index contributed by atoms with van der Waals surface area (Å²) in [6, 6.07) is 10.8. The Hall–Kier alpha value is -3.43. The van der Waals surface area contributed by atoms with Gasteiger partial charge in [-0.2, -0.15) is 0 Å². The number of anilines is 1. The molecule has 0 bridgehead atoms. The van der Waals surface area contributed by atoms with Crippen molar-refractivity contribution in [2.45, 2.75) is 20.1 Å². The molecule has 0 radical (unpaired) electrons. The first-order valence-electron chi connectivity index (χ1n) is 9.37. The minimum atomic E-state index is -0.568. The normalized spacial score (nSPS) is 10.9. The van der Waals surface area contributed by atoms with Gasteiger partial charge in [0.2, 0.25) is 5.95 Å². The molecule has 8 nitrogen and oxygen atoms in total. The molecule has 0 aliphatic heterocycles. The number of halogens is 3. The van der Waals surface area contributed by atoms with E-state index in [2.05, 4.69) is 20.6 Å². The van der Waals surface area contributed by atoms with Gasteiger partial charge in [0, 0.05) is 16.1 Å². The largest absolute Gasteiger partial charge is 0.489 e. The summed E-state index contributed by atoms with van der Waals surface area (Å²) in [5, 5.41) is 11.6. The number of hydrogen-bond donors (Lipinski definition) is 1. The summed E-state index contributed by atoms with van der Waals surface area (Å²) in [6.45, 7) is 1.96. The van der Waals surface area contributed by atoms with Gasteiger partial charge in [-0.25, -0.2) is 14.1 Å². The molecule has 164 valence electrons. The summed E-state index contributed by atoms with van der Waals surface area (Å²) in [4.78, 5) is 16.8. The Balaban J connectivity index is 1.43. The highest BCUT2D eigenvalue weighted by Crippen LogP contribution is 2.22. The number of aryl methyl sites for hydroxylation is 1. The number of benzene rings is 2. The van der Waals surface area contributed by atoms with Gasteiger partial charge in [-0.3, -0.25) is 10.1 Å². The number of rotatable bonds is 7. The fourth-order valence-electron chi connectivity index (χ4n) is 2.87. The summed E-state index contributed by atoms with van der Waals surface area (Å²) in [5.41, 5.74) is 1.25. The van der Waals surface area contributed by atoms with Crippen LogP contribution in [0.15, 0.2) is 53.3 Å². The molecular formula is C21H16Cl2FN5O3.